The molecule has 26 heavy (non-hydrogen) atoms. The van der Waals surface area contributed by atoms with Gasteiger partial charge in [0.25, 0.3) is 0 Å². The minimum Gasteiger partial charge on any atom is -0.394 e. The van der Waals surface area contributed by atoms with Crippen molar-refractivity contribution >= 4 is 17.0 Å². The zero-order valence-electron chi connectivity index (χ0n) is 14.5. The molecule has 4 rings (SSSR count). The van der Waals surface area contributed by atoms with E-state index >= 15 is 4.39 Å². The number of hydrogen-bond acceptors (Lipinski definition) is 7. The van der Waals surface area contributed by atoms with Crippen molar-refractivity contribution < 1.29 is 19.3 Å². The minimum atomic E-state index is -2.51. The third-order valence-electron chi connectivity index (χ3n) is 5.04. The molecule has 2 aromatic heterocycles. The van der Waals surface area contributed by atoms with E-state index in [-0.39, 0.29) is 0 Å². The minimum absolute atomic E-state index is 0.369. The number of aromatic nitrogens is 4. The average molecular weight is 361 g/mol. The van der Waals surface area contributed by atoms with E-state index in [9.17, 15) is 10.2 Å². The number of fused-ring (bicyclic) bond motifs is 1. The summed E-state index contributed by atoms with van der Waals surface area (Å²) in [5, 5.41) is 19.5. The smallest absolute Gasteiger partial charge is 0.243 e. The van der Waals surface area contributed by atoms with Crippen LogP contribution in [-0.2, 0) is 4.74 Å². The number of halogens is 1. The maximum Gasteiger partial charge on any atom is 0.243 e. The number of hydrogen-bond donors (Lipinski definition) is 2. The Bertz CT molecular complexity index is 892. The van der Waals surface area contributed by atoms with Gasteiger partial charge < -0.3 is 19.8 Å². The summed E-state index contributed by atoms with van der Waals surface area (Å²) in [6, 6.07) is 0.409. The van der Waals surface area contributed by atoms with Crippen LogP contribution in [0.1, 0.15) is 24.9 Å². The van der Waals surface area contributed by atoms with Crippen LogP contribution >= 0.6 is 0 Å². The lowest BCUT2D eigenvalue weighted by Gasteiger charge is -2.24. The number of anilines is 1. The Morgan fingerprint density at radius 1 is 1.50 bits per heavy atom. The van der Waals surface area contributed by atoms with Crippen LogP contribution < -0.4 is 4.90 Å². The molecule has 9 heteroatoms. The van der Waals surface area contributed by atoms with Gasteiger partial charge in [-0.3, -0.25) is 4.57 Å². The standard InChI is InChI=1S/C17H20FN5O3/c1-4-17(18)13(25)11(7-24)26-16(17)23-8-19-12-14(22(3)10-5-6-10)20-9(2)21-15(12)23/h1,8,10-11,13,16,24-25H,5-7H2,2-3H3/t11-,13-,16-,17-/m1/s1. The van der Waals surface area contributed by atoms with Gasteiger partial charge in [0.15, 0.2) is 23.2 Å². The lowest BCUT2D eigenvalue weighted by atomic mass is 9.97. The first-order chi connectivity index (χ1) is 12.4. The number of terminal acetylenes is 1. The Balaban J connectivity index is 1.84. The molecule has 1 aliphatic carbocycles. The summed E-state index contributed by atoms with van der Waals surface area (Å²) in [5.74, 6) is 3.15. The van der Waals surface area contributed by atoms with Crippen molar-refractivity contribution in [1.29, 1.82) is 0 Å². The molecular formula is C17H20FN5O3. The van der Waals surface area contributed by atoms with E-state index < -0.39 is 30.7 Å². The maximum atomic E-state index is 15.3. The van der Waals surface area contributed by atoms with Gasteiger partial charge in [0.05, 0.1) is 12.9 Å². The highest BCUT2D eigenvalue weighted by atomic mass is 19.1. The van der Waals surface area contributed by atoms with Gasteiger partial charge in [-0.25, -0.2) is 19.3 Å². The van der Waals surface area contributed by atoms with E-state index in [0.29, 0.717) is 28.8 Å². The molecular weight excluding hydrogens is 341 g/mol. The molecule has 0 spiro atoms. The molecule has 3 heterocycles. The van der Waals surface area contributed by atoms with E-state index in [0.717, 1.165) is 12.8 Å². The van der Waals surface area contributed by atoms with Crippen LogP contribution in [-0.4, -0.2) is 67.3 Å². The van der Waals surface area contributed by atoms with E-state index in [1.165, 1.54) is 10.9 Å². The number of aliphatic hydroxyl groups excluding tert-OH is 2. The molecule has 138 valence electrons. The zero-order chi connectivity index (χ0) is 18.6. The van der Waals surface area contributed by atoms with Crippen LogP contribution in [0.15, 0.2) is 6.33 Å². The highest BCUT2D eigenvalue weighted by Crippen LogP contribution is 2.43. The Morgan fingerprint density at radius 3 is 2.85 bits per heavy atom. The summed E-state index contributed by atoms with van der Waals surface area (Å²) < 4.78 is 22.2. The predicted molar refractivity (Wildman–Crippen MR) is 91.2 cm³/mol. The lowest BCUT2D eigenvalue weighted by molar-refractivity contribution is -0.0504. The maximum absolute atomic E-state index is 15.3. The first-order valence-electron chi connectivity index (χ1n) is 8.45. The van der Waals surface area contributed by atoms with Gasteiger partial charge in [0.1, 0.15) is 18.0 Å². The van der Waals surface area contributed by atoms with Gasteiger partial charge in [-0.05, 0) is 19.8 Å². The van der Waals surface area contributed by atoms with E-state index in [2.05, 4.69) is 15.0 Å². The lowest BCUT2D eigenvalue weighted by Crippen LogP contribution is -2.42. The van der Waals surface area contributed by atoms with Gasteiger partial charge in [0, 0.05) is 13.1 Å². The number of alkyl halides is 1. The fourth-order valence-corrected chi connectivity index (χ4v) is 3.38. The molecule has 1 aliphatic heterocycles. The van der Waals surface area contributed by atoms with Gasteiger partial charge in [-0.2, -0.15) is 0 Å². The molecule has 2 fully saturated rings. The highest BCUT2D eigenvalue weighted by molar-refractivity contribution is 5.84. The van der Waals surface area contributed by atoms with Crippen LogP contribution in [0.25, 0.3) is 11.2 Å². The van der Waals surface area contributed by atoms with E-state index in [1.807, 2.05) is 17.9 Å². The predicted octanol–water partition coefficient (Wildman–Crippen LogP) is 0.325. The normalized spacial score (nSPS) is 31.3. The quantitative estimate of drug-likeness (QED) is 0.758. The van der Waals surface area contributed by atoms with Crippen molar-refractivity contribution in [3.63, 3.8) is 0 Å². The van der Waals surface area contributed by atoms with E-state index in [4.69, 9.17) is 11.2 Å². The van der Waals surface area contributed by atoms with Crippen molar-refractivity contribution in [2.24, 2.45) is 0 Å². The second kappa shape index (κ2) is 5.87. The van der Waals surface area contributed by atoms with Crippen LogP contribution in [0.5, 0.6) is 0 Å². The number of ether oxygens (including phenoxy) is 1. The summed E-state index contributed by atoms with van der Waals surface area (Å²) >= 11 is 0. The number of nitrogens with zero attached hydrogens (tertiary/aromatic N) is 5. The monoisotopic (exact) mass is 361 g/mol. The van der Waals surface area contributed by atoms with Gasteiger partial charge >= 0.3 is 0 Å². The molecule has 0 bridgehead atoms. The van der Waals surface area contributed by atoms with Crippen molar-refractivity contribution in [2.45, 2.75) is 49.9 Å². The zero-order valence-corrected chi connectivity index (χ0v) is 14.5. The summed E-state index contributed by atoms with van der Waals surface area (Å²) in [6.07, 6.45) is 4.77. The fraction of sp³-hybridized carbons (Fsp3) is 0.588. The molecule has 0 amide bonds. The Morgan fingerprint density at radius 2 is 2.23 bits per heavy atom. The number of aliphatic hydroxyl groups is 2. The summed E-state index contributed by atoms with van der Waals surface area (Å²) in [4.78, 5) is 15.3. The molecule has 2 N–H and O–H groups in total. The van der Waals surface area contributed by atoms with Crippen molar-refractivity contribution in [3.05, 3.63) is 12.2 Å². The van der Waals surface area contributed by atoms with Crippen molar-refractivity contribution in [1.82, 2.24) is 19.5 Å². The number of aryl methyl sites for hydroxylation is 1. The topological polar surface area (TPSA) is 96.5 Å². The Hall–Kier alpha value is -2.28. The van der Waals surface area contributed by atoms with Crippen LogP contribution in [0.2, 0.25) is 0 Å². The average Bonchev–Trinajstić information content (AvgIpc) is 3.36. The van der Waals surface area contributed by atoms with Crippen LogP contribution in [0, 0.1) is 19.3 Å². The number of rotatable bonds is 4. The molecule has 0 aromatic carbocycles. The molecule has 4 atom stereocenters. The highest BCUT2D eigenvalue weighted by Gasteiger charge is 2.57. The first kappa shape index (κ1) is 17.1. The Labute approximate surface area is 149 Å². The number of imidazole rings is 1. The molecule has 2 aromatic rings. The largest absolute Gasteiger partial charge is 0.394 e. The second-order valence-corrected chi connectivity index (χ2v) is 6.83. The van der Waals surface area contributed by atoms with Crippen LogP contribution in [0.3, 0.4) is 0 Å². The van der Waals surface area contributed by atoms with Crippen molar-refractivity contribution in [2.75, 3.05) is 18.6 Å². The summed E-state index contributed by atoms with van der Waals surface area (Å²) in [7, 11) is 1.94. The second-order valence-electron chi connectivity index (χ2n) is 6.83. The van der Waals surface area contributed by atoms with E-state index in [1.54, 1.807) is 6.92 Å². The van der Waals surface area contributed by atoms with Gasteiger partial charge in [0.2, 0.25) is 5.67 Å². The molecule has 1 saturated carbocycles. The third kappa shape index (κ3) is 2.37. The first-order valence-corrected chi connectivity index (χ1v) is 8.45. The van der Waals surface area contributed by atoms with Gasteiger partial charge in [-0.1, -0.05) is 5.92 Å². The molecule has 2 aliphatic rings. The summed E-state index contributed by atoms with van der Waals surface area (Å²) in [6.45, 7) is 1.19. The van der Waals surface area contributed by atoms with Gasteiger partial charge in [-0.15, -0.1) is 6.42 Å². The Kier molecular flexibility index (Phi) is 3.87. The third-order valence-corrected chi connectivity index (χ3v) is 5.04. The van der Waals surface area contributed by atoms with Crippen molar-refractivity contribution in [3.8, 4) is 12.3 Å². The summed E-state index contributed by atoms with van der Waals surface area (Å²) in [5.41, 5.74) is -1.63. The molecule has 0 radical (unpaired) electrons. The SMILES string of the molecule is C#C[C@@]1(F)[C@H](O)[C@@H](CO)O[C@H]1n1cnc2c(N(C)C3CC3)nc(C)nc21. The molecule has 1 saturated heterocycles. The fourth-order valence-electron chi connectivity index (χ4n) is 3.38. The van der Waals surface area contributed by atoms with Crippen LogP contribution in [0.4, 0.5) is 10.2 Å². The molecule has 8 nitrogen and oxygen atoms in total. The molecule has 0 unspecified atom stereocenters.